The predicted molar refractivity (Wildman–Crippen MR) is 81.8 cm³/mol. The summed E-state index contributed by atoms with van der Waals surface area (Å²) in [7, 11) is 0. The molecule has 2 aromatic carbocycles. The van der Waals surface area contributed by atoms with Gasteiger partial charge in [-0.25, -0.2) is 0 Å². The Balaban J connectivity index is 2.16. The Hall–Kier alpha value is -2.11. The van der Waals surface area contributed by atoms with E-state index in [1.165, 1.54) is 18.2 Å². The highest BCUT2D eigenvalue weighted by Crippen LogP contribution is 2.28. The molecule has 2 aromatic rings. The van der Waals surface area contributed by atoms with Crippen molar-refractivity contribution in [2.75, 3.05) is 5.32 Å². The van der Waals surface area contributed by atoms with Crippen molar-refractivity contribution in [3.8, 4) is 0 Å². The minimum absolute atomic E-state index is 0.00322. The molecule has 0 fully saturated rings. The number of hydrogen-bond donors (Lipinski definition) is 1. The molecule has 0 unspecified atom stereocenters. The second-order valence-corrected chi connectivity index (χ2v) is 5.03. The molecule has 0 saturated carbocycles. The number of hydrogen-bond acceptors (Lipinski definition) is 3. The Bertz CT molecular complexity index is 677. The number of alkyl halides is 1. The van der Waals surface area contributed by atoms with Crippen molar-refractivity contribution in [1.82, 2.24) is 0 Å². The molecule has 21 heavy (non-hydrogen) atoms. The first-order valence-electron chi connectivity index (χ1n) is 5.93. The van der Waals surface area contributed by atoms with Gasteiger partial charge in [0, 0.05) is 11.8 Å². The number of nitrogens with zero attached hydrogens (tertiary/aromatic N) is 1. The molecule has 7 heteroatoms. The normalized spacial score (nSPS) is 11.7. The van der Waals surface area contributed by atoms with E-state index in [0.29, 0.717) is 5.56 Å². The highest BCUT2D eigenvalue weighted by molar-refractivity contribution is 6.33. The summed E-state index contributed by atoms with van der Waals surface area (Å²) in [5, 5.41) is 12.4. The van der Waals surface area contributed by atoms with Gasteiger partial charge < -0.3 is 5.32 Å². The number of nitrogens with one attached hydrogen (secondary N) is 1. The van der Waals surface area contributed by atoms with E-state index < -0.39 is 16.2 Å². The van der Waals surface area contributed by atoms with Gasteiger partial charge in [-0.3, -0.25) is 14.9 Å². The maximum atomic E-state index is 12.0. The van der Waals surface area contributed by atoms with Gasteiger partial charge >= 0.3 is 0 Å². The predicted octanol–water partition coefficient (Wildman–Crippen LogP) is 4.17. The molecule has 1 atom stereocenters. The van der Waals surface area contributed by atoms with Crippen LogP contribution < -0.4 is 5.32 Å². The van der Waals surface area contributed by atoms with E-state index in [4.69, 9.17) is 23.2 Å². The number of rotatable bonds is 4. The van der Waals surface area contributed by atoms with Crippen LogP contribution in [0.3, 0.4) is 0 Å². The quantitative estimate of drug-likeness (QED) is 0.521. The van der Waals surface area contributed by atoms with E-state index in [0.717, 1.165) is 0 Å². The zero-order valence-electron chi connectivity index (χ0n) is 10.6. The van der Waals surface area contributed by atoms with Gasteiger partial charge in [-0.15, -0.1) is 11.6 Å². The van der Waals surface area contributed by atoms with Crippen molar-refractivity contribution in [2.45, 2.75) is 5.38 Å². The highest BCUT2D eigenvalue weighted by atomic mass is 35.5. The van der Waals surface area contributed by atoms with Crippen LogP contribution in [0.4, 0.5) is 11.4 Å². The SMILES string of the molecule is O=C(Nc1ccc(Cl)c([N+](=O)[O-])c1)[C@@H](Cl)c1ccccc1. The number of nitro groups is 1. The Morgan fingerprint density at radius 3 is 2.48 bits per heavy atom. The highest BCUT2D eigenvalue weighted by Gasteiger charge is 2.19. The largest absolute Gasteiger partial charge is 0.324 e. The number of amides is 1. The fourth-order valence-electron chi connectivity index (χ4n) is 1.71. The van der Waals surface area contributed by atoms with Crippen molar-refractivity contribution in [3.05, 3.63) is 69.2 Å². The smallest absolute Gasteiger partial charge is 0.289 e. The van der Waals surface area contributed by atoms with Gasteiger partial charge in [0.25, 0.3) is 5.69 Å². The monoisotopic (exact) mass is 324 g/mol. The third-order valence-corrected chi connectivity index (χ3v) is 3.50. The lowest BCUT2D eigenvalue weighted by molar-refractivity contribution is -0.384. The van der Waals surface area contributed by atoms with Crippen LogP contribution in [0.5, 0.6) is 0 Å². The molecule has 0 heterocycles. The summed E-state index contributed by atoms with van der Waals surface area (Å²) in [6.45, 7) is 0. The van der Waals surface area contributed by atoms with E-state index in [2.05, 4.69) is 5.32 Å². The van der Waals surface area contributed by atoms with Crippen LogP contribution >= 0.6 is 23.2 Å². The second-order valence-electron chi connectivity index (χ2n) is 4.19. The molecule has 0 aliphatic heterocycles. The van der Waals surface area contributed by atoms with Gasteiger partial charge in [-0.05, 0) is 17.7 Å². The molecule has 2 rings (SSSR count). The van der Waals surface area contributed by atoms with Crippen LogP contribution in [0.1, 0.15) is 10.9 Å². The van der Waals surface area contributed by atoms with Gasteiger partial charge in [0.2, 0.25) is 5.91 Å². The minimum Gasteiger partial charge on any atom is -0.324 e. The van der Waals surface area contributed by atoms with E-state index in [1.54, 1.807) is 24.3 Å². The van der Waals surface area contributed by atoms with Crippen LogP contribution in [0.2, 0.25) is 5.02 Å². The lowest BCUT2D eigenvalue weighted by atomic mass is 10.1. The van der Waals surface area contributed by atoms with Gasteiger partial charge in [-0.1, -0.05) is 41.9 Å². The van der Waals surface area contributed by atoms with Gasteiger partial charge in [-0.2, -0.15) is 0 Å². The molecular formula is C14H10Cl2N2O3. The molecule has 0 radical (unpaired) electrons. The fraction of sp³-hybridized carbons (Fsp3) is 0.0714. The van der Waals surface area contributed by atoms with Crippen molar-refractivity contribution in [3.63, 3.8) is 0 Å². The third kappa shape index (κ3) is 3.71. The second kappa shape index (κ2) is 6.56. The van der Waals surface area contributed by atoms with Crippen LogP contribution in [0.15, 0.2) is 48.5 Å². The molecule has 0 aliphatic rings. The van der Waals surface area contributed by atoms with Crippen molar-refractivity contribution in [2.24, 2.45) is 0 Å². The molecule has 1 N–H and O–H groups in total. The average Bonchev–Trinajstić information content (AvgIpc) is 2.49. The molecule has 5 nitrogen and oxygen atoms in total. The first-order chi connectivity index (χ1) is 9.99. The van der Waals surface area contributed by atoms with Crippen LogP contribution in [-0.4, -0.2) is 10.8 Å². The molecule has 108 valence electrons. The fourth-order valence-corrected chi connectivity index (χ4v) is 2.10. The van der Waals surface area contributed by atoms with Gasteiger partial charge in [0.15, 0.2) is 0 Å². The molecule has 0 aliphatic carbocycles. The molecule has 1 amide bonds. The van der Waals surface area contributed by atoms with Gasteiger partial charge in [0.05, 0.1) is 4.92 Å². The van der Waals surface area contributed by atoms with Gasteiger partial charge in [0.1, 0.15) is 10.4 Å². The number of anilines is 1. The zero-order chi connectivity index (χ0) is 15.4. The molecular weight excluding hydrogens is 315 g/mol. The summed E-state index contributed by atoms with van der Waals surface area (Å²) >= 11 is 11.8. The maximum Gasteiger partial charge on any atom is 0.289 e. The standard InChI is InChI=1S/C14H10Cl2N2O3/c15-11-7-6-10(8-12(11)18(20)21)17-14(19)13(16)9-4-2-1-3-5-9/h1-8,13H,(H,17,19)/t13-/m0/s1. The first kappa shape index (κ1) is 15.3. The first-order valence-corrected chi connectivity index (χ1v) is 6.74. The lowest BCUT2D eigenvalue weighted by Gasteiger charge is -2.11. The number of carbonyl (C=O) groups is 1. The Kier molecular flexibility index (Phi) is 4.77. The van der Waals surface area contributed by atoms with Crippen molar-refractivity contribution in [1.29, 1.82) is 0 Å². The van der Waals surface area contributed by atoms with E-state index in [9.17, 15) is 14.9 Å². The third-order valence-electron chi connectivity index (χ3n) is 2.73. The summed E-state index contributed by atoms with van der Waals surface area (Å²) in [5.74, 6) is -0.473. The number of benzene rings is 2. The van der Waals surface area contributed by atoms with Crippen molar-refractivity contribution >= 4 is 40.5 Å². The number of nitro benzene ring substituents is 1. The van der Waals surface area contributed by atoms with E-state index >= 15 is 0 Å². The Morgan fingerprint density at radius 1 is 1.19 bits per heavy atom. The summed E-state index contributed by atoms with van der Waals surface area (Å²) in [6.07, 6.45) is 0. The molecule has 0 bridgehead atoms. The Morgan fingerprint density at radius 2 is 1.86 bits per heavy atom. The summed E-state index contributed by atoms with van der Waals surface area (Å²) < 4.78 is 0. The average molecular weight is 325 g/mol. The summed E-state index contributed by atoms with van der Waals surface area (Å²) in [5.41, 5.74) is 0.623. The van der Waals surface area contributed by atoms with Crippen LogP contribution in [-0.2, 0) is 4.79 Å². The molecule has 0 aromatic heterocycles. The molecule has 0 saturated heterocycles. The minimum atomic E-state index is -0.888. The van der Waals surface area contributed by atoms with E-state index in [-0.39, 0.29) is 16.4 Å². The lowest BCUT2D eigenvalue weighted by Crippen LogP contribution is -2.17. The van der Waals surface area contributed by atoms with E-state index in [1.807, 2.05) is 6.07 Å². The number of halogens is 2. The van der Waals surface area contributed by atoms with Crippen LogP contribution in [0, 0.1) is 10.1 Å². The summed E-state index contributed by atoms with van der Waals surface area (Å²) in [4.78, 5) is 22.2. The number of carbonyl (C=O) groups excluding carboxylic acids is 1. The maximum absolute atomic E-state index is 12.0. The van der Waals surface area contributed by atoms with Crippen LogP contribution in [0.25, 0.3) is 0 Å². The molecule has 0 spiro atoms. The topological polar surface area (TPSA) is 72.2 Å². The van der Waals surface area contributed by atoms with Crippen molar-refractivity contribution < 1.29 is 9.72 Å². The Labute approximate surface area is 130 Å². The zero-order valence-corrected chi connectivity index (χ0v) is 12.1. The summed E-state index contributed by atoms with van der Waals surface area (Å²) in [6, 6.07) is 12.8.